The Hall–Kier alpha value is -1.32. The average Bonchev–Trinajstić information content (AvgIpc) is 2.27. The molecule has 1 aromatic heterocycles. The number of halogens is 1. The van der Waals surface area contributed by atoms with Crippen molar-refractivity contribution in [3.05, 3.63) is 20.3 Å². The molecule has 0 fully saturated rings. The normalized spacial score (nSPS) is 10.9. The van der Waals surface area contributed by atoms with Gasteiger partial charge in [-0.2, -0.15) is 0 Å². The highest BCUT2D eigenvalue weighted by atomic mass is 127. The summed E-state index contributed by atoms with van der Waals surface area (Å²) in [5.74, 6) is 0.496. The van der Waals surface area contributed by atoms with Crippen LogP contribution in [0.25, 0.3) is 0 Å². The molecular weight excluding hydrogens is 363 g/mol. The Labute approximate surface area is 124 Å². The molecule has 0 saturated carbocycles. The van der Waals surface area contributed by atoms with Crippen LogP contribution in [0.2, 0.25) is 0 Å². The van der Waals surface area contributed by atoms with Crippen LogP contribution in [0.1, 0.15) is 20.8 Å². The molecule has 1 amide bonds. The SMILES string of the molecule is CC(C)(C)OC(=O)NCCNc1nc[nH]c(=O)c1I. The molecule has 0 aliphatic heterocycles. The second kappa shape index (κ2) is 6.73. The monoisotopic (exact) mass is 380 g/mol. The molecule has 0 unspecified atom stereocenters. The van der Waals surface area contributed by atoms with Crippen LogP contribution in [0.4, 0.5) is 10.6 Å². The van der Waals surface area contributed by atoms with E-state index >= 15 is 0 Å². The third-order valence-electron chi connectivity index (χ3n) is 1.88. The standard InChI is InChI=1S/C11H17IN4O3/c1-11(2,3)19-10(18)14-5-4-13-8-7(12)9(17)16-6-15-8/h6H,4-5H2,1-3H3,(H,14,18)(H2,13,15,16,17). The minimum atomic E-state index is -0.513. The van der Waals surface area contributed by atoms with E-state index < -0.39 is 11.7 Å². The largest absolute Gasteiger partial charge is 0.444 e. The highest BCUT2D eigenvalue weighted by Crippen LogP contribution is 2.08. The topological polar surface area (TPSA) is 96.1 Å². The van der Waals surface area contributed by atoms with Gasteiger partial charge in [-0.05, 0) is 43.4 Å². The number of aromatic amines is 1. The molecule has 0 aromatic carbocycles. The Kier molecular flexibility index (Phi) is 5.58. The lowest BCUT2D eigenvalue weighted by Gasteiger charge is -2.19. The number of H-pyrrole nitrogens is 1. The van der Waals surface area contributed by atoms with E-state index in [0.717, 1.165) is 0 Å². The van der Waals surface area contributed by atoms with Crippen LogP contribution < -0.4 is 16.2 Å². The zero-order valence-corrected chi connectivity index (χ0v) is 13.2. The van der Waals surface area contributed by atoms with E-state index in [1.54, 1.807) is 20.8 Å². The maximum Gasteiger partial charge on any atom is 0.407 e. The number of carbonyl (C=O) groups is 1. The van der Waals surface area contributed by atoms with Crippen LogP contribution in [0.15, 0.2) is 11.1 Å². The van der Waals surface area contributed by atoms with Crippen molar-refractivity contribution in [1.82, 2.24) is 15.3 Å². The molecule has 19 heavy (non-hydrogen) atoms. The second-order valence-electron chi connectivity index (χ2n) is 4.75. The predicted molar refractivity (Wildman–Crippen MR) is 80.3 cm³/mol. The Morgan fingerprint density at radius 1 is 1.47 bits per heavy atom. The number of hydrogen-bond donors (Lipinski definition) is 3. The van der Waals surface area contributed by atoms with Crippen molar-refractivity contribution in [3.8, 4) is 0 Å². The van der Waals surface area contributed by atoms with Crippen LogP contribution in [0.5, 0.6) is 0 Å². The number of aromatic nitrogens is 2. The summed E-state index contributed by atoms with van der Waals surface area (Å²) in [5.41, 5.74) is -0.709. The first kappa shape index (κ1) is 15.7. The Bertz CT molecular complexity index is 495. The minimum absolute atomic E-state index is 0.196. The van der Waals surface area contributed by atoms with Crippen molar-refractivity contribution in [2.24, 2.45) is 0 Å². The van der Waals surface area contributed by atoms with Gasteiger partial charge >= 0.3 is 6.09 Å². The fourth-order valence-electron chi connectivity index (χ4n) is 1.17. The number of hydrogen-bond acceptors (Lipinski definition) is 5. The molecule has 3 N–H and O–H groups in total. The molecule has 106 valence electrons. The van der Waals surface area contributed by atoms with E-state index in [0.29, 0.717) is 22.5 Å². The Balaban J connectivity index is 2.34. The van der Waals surface area contributed by atoms with Gasteiger partial charge < -0.3 is 20.4 Å². The number of nitrogens with zero attached hydrogens (tertiary/aromatic N) is 1. The van der Waals surface area contributed by atoms with E-state index in [1.807, 2.05) is 22.6 Å². The fraction of sp³-hybridized carbons (Fsp3) is 0.545. The predicted octanol–water partition coefficient (Wildman–Crippen LogP) is 1.31. The van der Waals surface area contributed by atoms with Crippen LogP contribution >= 0.6 is 22.6 Å². The smallest absolute Gasteiger partial charge is 0.407 e. The van der Waals surface area contributed by atoms with Crippen molar-refractivity contribution in [1.29, 1.82) is 0 Å². The maximum atomic E-state index is 11.4. The lowest BCUT2D eigenvalue weighted by molar-refractivity contribution is 0.0530. The van der Waals surface area contributed by atoms with Crippen molar-refractivity contribution in [2.75, 3.05) is 18.4 Å². The molecule has 8 heteroatoms. The molecule has 0 aliphatic carbocycles. The van der Waals surface area contributed by atoms with Crippen LogP contribution in [0.3, 0.4) is 0 Å². The van der Waals surface area contributed by atoms with Gasteiger partial charge in [-0.3, -0.25) is 4.79 Å². The Morgan fingerprint density at radius 3 is 2.79 bits per heavy atom. The number of rotatable bonds is 4. The van der Waals surface area contributed by atoms with Gasteiger partial charge in [0.05, 0.1) is 6.33 Å². The molecule has 0 radical (unpaired) electrons. The molecule has 0 aliphatic rings. The lowest BCUT2D eigenvalue weighted by Crippen LogP contribution is -2.35. The van der Waals surface area contributed by atoms with Gasteiger partial charge in [0.25, 0.3) is 5.56 Å². The molecule has 0 atom stereocenters. The van der Waals surface area contributed by atoms with Crippen LogP contribution in [-0.4, -0.2) is 34.8 Å². The summed E-state index contributed by atoms with van der Waals surface area (Å²) in [6, 6.07) is 0. The van der Waals surface area contributed by atoms with Gasteiger partial charge in [-0.1, -0.05) is 0 Å². The summed E-state index contributed by atoms with van der Waals surface area (Å²) >= 11 is 1.91. The zero-order chi connectivity index (χ0) is 14.5. The number of ether oxygens (including phenoxy) is 1. The quantitative estimate of drug-likeness (QED) is 0.541. The highest BCUT2D eigenvalue weighted by molar-refractivity contribution is 14.1. The summed E-state index contributed by atoms with van der Waals surface area (Å²) in [5, 5.41) is 5.57. The van der Waals surface area contributed by atoms with E-state index in [2.05, 4.69) is 20.6 Å². The van der Waals surface area contributed by atoms with Crippen LogP contribution in [-0.2, 0) is 4.74 Å². The number of alkyl carbamates (subject to hydrolysis) is 1. The fourth-order valence-corrected chi connectivity index (χ4v) is 1.65. The molecule has 0 saturated heterocycles. The summed E-state index contributed by atoms with van der Waals surface area (Å²) in [6.45, 7) is 6.22. The summed E-state index contributed by atoms with van der Waals surface area (Å²) < 4.78 is 5.57. The first-order chi connectivity index (χ1) is 8.79. The van der Waals surface area contributed by atoms with Crippen molar-refractivity contribution >= 4 is 34.5 Å². The molecule has 7 nitrogen and oxygen atoms in total. The van der Waals surface area contributed by atoms with E-state index in [4.69, 9.17) is 4.74 Å². The highest BCUT2D eigenvalue weighted by Gasteiger charge is 2.15. The minimum Gasteiger partial charge on any atom is -0.444 e. The second-order valence-corrected chi connectivity index (χ2v) is 5.83. The van der Waals surface area contributed by atoms with E-state index in [1.165, 1.54) is 6.33 Å². The van der Waals surface area contributed by atoms with E-state index in [9.17, 15) is 9.59 Å². The molecule has 1 aromatic rings. The third-order valence-corrected chi connectivity index (χ3v) is 2.88. The van der Waals surface area contributed by atoms with Gasteiger partial charge in [0.15, 0.2) is 0 Å². The molecule has 1 rings (SSSR count). The number of amides is 1. The van der Waals surface area contributed by atoms with Gasteiger partial charge in [0.1, 0.15) is 15.0 Å². The van der Waals surface area contributed by atoms with Gasteiger partial charge in [-0.25, -0.2) is 9.78 Å². The average molecular weight is 380 g/mol. The third kappa shape index (κ3) is 5.90. The molecule has 0 spiro atoms. The summed E-state index contributed by atoms with van der Waals surface area (Å²) in [7, 11) is 0. The zero-order valence-electron chi connectivity index (χ0n) is 11.0. The first-order valence-electron chi connectivity index (χ1n) is 5.73. The van der Waals surface area contributed by atoms with E-state index in [-0.39, 0.29) is 5.56 Å². The Morgan fingerprint density at radius 2 is 2.16 bits per heavy atom. The number of anilines is 1. The van der Waals surface area contributed by atoms with Crippen molar-refractivity contribution < 1.29 is 9.53 Å². The summed E-state index contributed by atoms with van der Waals surface area (Å²) in [4.78, 5) is 29.1. The van der Waals surface area contributed by atoms with Gasteiger partial charge in [-0.15, -0.1) is 0 Å². The summed E-state index contributed by atoms with van der Waals surface area (Å²) in [6.07, 6.45) is 0.858. The molecule has 1 heterocycles. The van der Waals surface area contributed by atoms with Gasteiger partial charge in [0, 0.05) is 13.1 Å². The number of nitrogens with one attached hydrogen (secondary N) is 3. The maximum absolute atomic E-state index is 11.4. The van der Waals surface area contributed by atoms with Crippen molar-refractivity contribution in [2.45, 2.75) is 26.4 Å². The van der Waals surface area contributed by atoms with Crippen LogP contribution in [0, 0.1) is 3.57 Å². The first-order valence-corrected chi connectivity index (χ1v) is 6.81. The number of carbonyl (C=O) groups excluding carboxylic acids is 1. The van der Waals surface area contributed by atoms with Gasteiger partial charge in [0.2, 0.25) is 0 Å². The van der Waals surface area contributed by atoms with Crippen molar-refractivity contribution in [3.63, 3.8) is 0 Å². The molecule has 0 bridgehead atoms. The molecular formula is C11H17IN4O3. The lowest BCUT2D eigenvalue weighted by atomic mass is 10.2.